The van der Waals surface area contributed by atoms with E-state index in [1.807, 2.05) is 81.5 Å². The highest BCUT2D eigenvalue weighted by molar-refractivity contribution is 5.89. The third-order valence-electron chi connectivity index (χ3n) is 4.08. The second-order valence-electron chi connectivity index (χ2n) is 6.34. The van der Waals surface area contributed by atoms with Crippen LogP contribution < -0.4 is 9.47 Å². The molecule has 1 atom stereocenters. The summed E-state index contributed by atoms with van der Waals surface area (Å²) in [4.78, 5) is 11.7. The van der Waals surface area contributed by atoms with Crippen molar-refractivity contribution in [3.63, 3.8) is 0 Å². The Morgan fingerprint density at radius 2 is 1.45 bits per heavy atom. The monoisotopic (exact) mass is 392 g/mol. The predicted molar refractivity (Wildman–Crippen MR) is 118 cm³/mol. The van der Waals surface area contributed by atoms with Crippen LogP contribution in [0.2, 0.25) is 0 Å². The van der Waals surface area contributed by atoms with Crippen LogP contribution in [-0.4, -0.2) is 18.9 Å². The highest BCUT2D eigenvalue weighted by atomic mass is 16.7. The van der Waals surface area contributed by atoms with Crippen LogP contribution in [0.25, 0.3) is 12.2 Å². The average Bonchev–Trinajstić information content (AvgIpc) is 2.73. The van der Waals surface area contributed by atoms with Crippen molar-refractivity contribution in [3.05, 3.63) is 84.0 Å². The van der Waals surface area contributed by atoms with Crippen LogP contribution in [0.3, 0.4) is 0 Å². The molecule has 4 heteroatoms. The molecule has 2 aromatic carbocycles. The first-order chi connectivity index (χ1) is 14.0. The number of hydrogen-bond donors (Lipinski definition) is 0. The Labute approximate surface area is 173 Å². The maximum atomic E-state index is 11.7. The lowest BCUT2D eigenvalue weighted by Crippen LogP contribution is -2.15. The molecule has 0 bridgehead atoms. The molecule has 0 radical (unpaired) electrons. The van der Waals surface area contributed by atoms with Crippen LogP contribution >= 0.6 is 0 Å². The van der Waals surface area contributed by atoms with E-state index < -0.39 is 0 Å². The van der Waals surface area contributed by atoms with Gasteiger partial charge in [0, 0.05) is 12.2 Å². The molecule has 0 aromatic heterocycles. The van der Waals surface area contributed by atoms with E-state index in [-0.39, 0.29) is 12.3 Å². The zero-order chi connectivity index (χ0) is 21.1. The van der Waals surface area contributed by atoms with Gasteiger partial charge in [-0.3, -0.25) is 0 Å². The van der Waals surface area contributed by atoms with Crippen molar-refractivity contribution < 1.29 is 19.0 Å². The lowest BCUT2D eigenvalue weighted by molar-refractivity contribution is -0.130. The fourth-order valence-corrected chi connectivity index (χ4v) is 2.42. The van der Waals surface area contributed by atoms with Gasteiger partial charge in [-0.25, -0.2) is 4.79 Å². The molecule has 1 unspecified atom stereocenters. The van der Waals surface area contributed by atoms with E-state index in [0.29, 0.717) is 24.4 Å². The van der Waals surface area contributed by atoms with Gasteiger partial charge in [0.15, 0.2) is 6.29 Å². The van der Waals surface area contributed by atoms with Gasteiger partial charge < -0.3 is 14.2 Å². The van der Waals surface area contributed by atoms with Crippen molar-refractivity contribution in [2.24, 2.45) is 0 Å². The number of carbonyl (C=O) groups excluding carboxylic acids is 1. The van der Waals surface area contributed by atoms with E-state index in [1.165, 1.54) is 0 Å². The normalized spacial score (nSPS) is 12.2. The Morgan fingerprint density at radius 3 is 1.93 bits per heavy atom. The number of carbonyl (C=O) groups is 1. The Bertz CT molecular complexity index is 845. The van der Waals surface area contributed by atoms with Gasteiger partial charge in [0.2, 0.25) is 0 Å². The largest absolute Gasteiger partial charge is 0.465 e. The van der Waals surface area contributed by atoms with E-state index >= 15 is 0 Å². The molecule has 0 aliphatic rings. The van der Waals surface area contributed by atoms with E-state index in [9.17, 15) is 4.79 Å². The summed E-state index contributed by atoms with van der Waals surface area (Å²) in [6, 6.07) is 15.2. The Balaban J connectivity index is 1.86. The highest BCUT2D eigenvalue weighted by Gasteiger charge is 2.07. The van der Waals surface area contributed by atoms with Gasteiger partial charge in [-0.1, -0.05) is 62.1 Å². The summed E-state index contributed by atoms with van der Waals surface area (Å²) in [7, 11) is 0. The molecule has 0 heterocycles. The van der Waals surface area contributed by atoms with Crippen LogP contribution in [0, 0.1) is 0 Å². The zero-order valence-electron chi connectivity index (χ0n) is 17.3. The van der Waals surface area contributed by atoms with Crippen LogP contribution in [0.1, 0.15) is 38.3 Å². The molecule has 2 rings (SSSR count). The molecular weight excluding hydrogens is 364 g/mol. The Hall–Kier alpha value is -3.11. The third-order valence-corrected chi connectivity index (χ3v) is 4.08. The lowest BCUT2D eigenvalue weighted by atomic mass is 10.1. The van der Waals surface area contributed by atoms with Crippen LogP contribution in [0.15, 0.2) is 72.8 Å². The summed E-state index contributed by atoms with van der Waals surface area (Å²) >= 11 is 0. The first-order valence-corrected chi connectivity index (χ1v) is 9.75. The quantitative estimate of drug-likeness (QED) is 0.162. The van der Waals surface area contributed by atoms with Gasteiger partial charge in [0.1, 0.15) is 11.5 Å². The van der Waals surface area contributed by atoms with Crippen molar-refractivity contribution >= 4 is 18.1 Å². The summed E-state index contributed by atoms with van der Waals surface area (Å²) in [5, 5.41) is 0. The van der Waals surface area contributed by atoms with Gasteiger partial charge in [-0.2, -0.15) is 0 Å². The van der Waals surface area contributed by atoms with Crippen molar-refractivity contribution in [3.8, 4) is 11.5 Å². The third kappa shape index (κ3) is 7.80. The van der Waals surface area contributed by atoms with Gasteiger partial charge in [0.05, 0.1) is 0 Å². The highest BCUT2D eigenvalue weighted by Crippen LogP contribution is 2.17. The van der Waals surface area contributed by atoms with E-state index in [4.69, 9.17) is 14.2 Å². The second kappa shape index (κ2) is 11.7. The summed E-state index contributed by atoms with van der Waals surface area (Å²) < 4.78 is 16.3. The zero-order valence-corrected chi connectivity index (χ0v) is 17.3. The van der Waals surface area contributed by atoms with Crippen molar-refractivity contribution in [2.45, 2.75) is 33.5 Å². The van der Waals surface area contributed by atoms with Crippen molar-refractivity contribution in [1.29, 1.82) is 0 Å². The standard InChI is InChI=1S/C25H28O4/c1-5-19(3)25(26)29-24-17-13-22(14-18-24)10-8-7-9-21-11-15-23(16-12-21)28-20(4)27-6-2/h7-18,20H,3,5-6H2,1-2,4H3. The van der Waals surface area contributed by atoms with Gasteiger partial charge >= 0.3 is 5.97 Å². The SMILES string of the molecule is C=C(CC)C(=O)Oc1ccc(C=CC=Cc2ccc(OC(C)OCC)cc2)cc1. The first-order valence-electron chi connectivity index (χ1n) is 9.75. The lowest BCUT2D eigenvalue weighted by Gasteiger charge is -2.14. The molecule has 0 aliphatic carbocycles. The molecule has 0 fully saturated rings. The molecule has 0 saturated heterocycles. The maximum Gasteiger partial charge on any atom is 0.338 e. The van der Waals surface area contributed by atoms with Crippen LogP contribution in [0.5, 0.6) is 11.5 Å². The van der Waals surface area contributed by atoms with Gasteiger partial charge in [0.25, 0.3) is 0 Å². The maximum absolute atomic E-state index is 11.7. The smallest absolute Gasteiger partial charge is 0.338 e. The fraction of sp³-hybridized carbons (Fsp3) is 0.240. The number of rotatable bonds is 10. The average molecular weight is 392 g/mol. The van der Waals surface area contributed by atoms with E-state index in [1.54, 1.807) is 12.1 Å². The van der Waals surface area contributed by atoms with Gasteiger partial charge in [-0.15, -0.1) is 0 Å². The minimum Gasteiger partial charge on any atom is -0.465 e. The molecule has 4 nitrogen and oxygen atoms in total. The second-order valence-corrected chi connectivity index (χ2v) is 6.34. The fourth-order valence-electron chi connectivity index (χ4n) is 2.42. The number of hydrogen-bond acceptors (Lipinski definition) is 4. The first kappa shape index (κ1) is 22.2. The molecule has 0 N–H and O–H groups in total. The molecular formula is C25H28O4. The molecule has 0 spiro atoms. The number of esters is 1. The molecule has 2 aromatic rings. The Kier molecular flexibility index (Phi) is 8.93. The van der Waals surface area contributed by atoms with Crippen molar-refractivity contribution in [1.82, 2.24) is 0 Å². The van der Waals surface area contributed by atoms with Crippen molar-refractivity contribution in [2.75, 3.05) is 6.61 Å². The number of allylic oxidation sites excluding steroid dienone is 2. The topological polar surface area (TPSA) is 44.8 Å². The van der Waals surface area contributed by atoms with Crippen LogP contribution in [-0.2, 0) is 9.53 Å². The minimum absolute atomic E-state index is 0.260. The predicted octanol–water partition coefficient (Wildman–Crippen LogP) is 6.05. The minimum atomic E-state index is -0.387. The molecule has 0 amide bonds. The number of ether oxygens (including phenoxy) is 3. The van der Waals surface area contributed by atoms with E-state index in [0.717, 1.165) is 16.9 Å². The van der Waals surface area contributed by atoms with Gasteiger partial charge in [-0.05, 0) is 55.7 Å². The molecule has 152 valence electrons. The summed E-state index contributed by atoms with van der Waals surface area (Å²) in [5.41, 5.74) is 2.55. The molecule has 0 aliphatic heterocycles. The molecule has 29 heavy (non-hydrogen) atoms. The Morgan fingerprint density at radius 1 is 0.931 bits per heavy atom. The summed E-state index contributed by atoms with van der Waals surface area (Å²) in [6.45, 7) is 9.99. The van der Waals surface area contributed by atoms with E-state index in [2.05, 4.69) is 6.58 Å². The molecule has 0 saturated carbocycles. The summed E-state index contributed by atoms with van der Waals surface area (Å²) in [5.74, 6) is 0.905. The summed E-state index contributed by atoms with van der Waals surface area (Å²) in [6.07, 6.45) is 8.24. The van der Waals surface area contributed by atoms with Crippen LogP contribution in [0.4, 0.5) is 0 Å². The number of benzene rings is 2.